The highest BCUT2D eigenvalue weighted by Crippen LogP contribution is 2.18. The molecule has 2 heterocycles. The molecule has 0 spiro atoms. The van der Waals surface area contributed by atoms with Crippen LogP contribution in [0.1, 0.15) is 12.0 Å². The van der Waals surface area contributed by atoms with Gasteiger partial charge in [-0.1, -0.05) is 11.6 Å². The van der Waals surface area contributed by atoms with Crippen LogP contribution < -0.4 is 10.0 Å². The molecule has 128 valence electrons. The van der Waals surface area contributed by atoms with Gasteiger partial charge < -0.3 is 5.32 Å². The Balaban J connectivity index is 1.78. The van der Waals surface area contributed by atoms with Crippen molar-refractivity contribution in [3.05, 3.63) is 53.6 Å². The Kier molecular flexibility index (Phi) is 4.79. The molecule has 1 aliphatic heterocycles. The topological polar surface area (TPSA) is 76.0 Å². The first-order chi connectivity index (χ1) is 11.5. The normalized spacial score (nSPS) is 15.3. The van der Waals surface area contributed by atoms with Crippen LogP contribution in [0.2, 0.25) is 0 Å². The molecule has 6 nitrogen and oxygen atoms in total. The standard InChI is InChI=1S/C16H19FN4O2S/c1-12-9-19-21(11-12)16-3-2-14(8-15(16)17)24(22,23)20-10-13-4-6-18-7-5-13/h2-4,8-9,11,18,20H,5-7,10H2,1H3. The second-order valence-corrected chi connectivity index (χ2v) is 7.48. The lowest BCUT2D eigenvalue weighted by molar-refractivity contribution is 0.576. The molecular weight excluding hydrogens is 331 g/mol. The van der Waals surface area contributed by atoms with E-state index in [1.54, 1.807) is 12.4 Å². The zero-order valence-corrected chi connectivity index (χ0v) is 14.1. The van der Waals surface area contributed by atoms with Gasteiger partial charge in [-0.15, -0.1) is 0 Å². The Morgan fingerprint density at radius 3 is 2.88 bits per heavy atom. The van der Waals surface area contributed by atoms with Crippen molar-refractivity contribution in [2.45, 2.75) is 18.2 Å². The fourth-order valence-electron chi connectivity index (χ4n) is 2.49. The van der Waals surface area contributed by atoms with E-state index in [9.17, 15) is 12.8 Å². The van der Waals surface area contributed by atoms with Crippen molar-refractivity contribution in [3.63, 3.8) is 0 Å². The van der Waals surface area contributed by atoms with E-state index in [1.807, 2.05) is 13.0 Å². The molecule has 1 aromatic heterocycles. The zero-order valence-electron chi connectivity index (χ0n) is 13.3. The molecule has 0 aliphatic carbocycles. The van der Waals surface area contributed by atoms with Gasteiger partial charge in [-0.05, 0) is 43.7 Å². The summed E-state index contributed by atoms with van der Waals surface area (Å²) in [5, 5.41) is 7.20. The first-order valence-electron chi connectivity index (χ1n) is 7.65. The minimum absolute atomic E-state index is 0.0952. The molecule has 0 amide bonds. The molecule has 0 atom stereocenters. The summed E-state index contributed by atoms with van der Waals surface area (Å²) in [5.41, 5.74) is 2.13. The lowest BCUT2D eigenvalue weighted by atomic mass is 10.1. The van der Waals surface area contributed by atoms with Crippen LogP contribution >= 0.6 is 0 Å². The first-order valence-corrected chi connectivity index (χ1v) is 9.13. The number of aryl methyl sites for hydroxylation is 1. The van der Waals surface area contributed by atoms with Crippen molar-refractivity contribution in [2.24, 2.45) is 0 Å². The predicted molar refractivity (Wildman–Crippen MR) is 89.0 cm³/mol. The second kappa shape index (κ2) is 6.84. The SMILES string of the molecule is Cc1cnn(-c2ccc(S(=O)(=O)NCC3=CCNCC3)cc2F)c1. The average molecular weight is 350 g/mol. The predicted octanol–water partition coefficient (Wildman–Crippen LogP) is 1.52. The third-order valence-corrected chi connectivity index (χ3v) is 5.23. The summed E-state index contributed by atoms with van der Waals surface area (Å²) in [5.74, 6) is -0.637. The van der Waals surface area contributed by atoms with E-state index in [-0.39, 0.29) is 17.1 Å². The lowest BCUT2D eigenvalue weighted by Gasteiger charge is -2.15. The molecule has 2 aromatic rings. The summed E-state index contributed by atoms with van der Waals surface area (Å²) in [6.45, 7) is 3.66. The van der Waals surface area contributed by atoms with E-state index < -0.39 is 15.8 Å². The number of hydrogen-bond donors (Lipinski definition) is 2. The molecule has 0 radical (unpaired) electrons. The van der Waals surface area contributed by atoms with Gasteiger partial charge >= 0.3 is 0 Å². The van der Waals surface area contributed by atoms with E-state index in [4.69, 9.17) is 0 Å². The summed E-state index contributed by atoms with van der Waals surface area (Å²) >= 11 is 0. The first kappa shape index (κ1) is 16.8. The molecule has 8 heteroatoms. The number of nitrogens with one attached hydrogen (secondary N) is 2. The van der Waals surface area contributed by atoms with E-state index in [0.29, 0.717) is 0 Å². The Morgan fingerprint density at radius 2 is 2.25 bits per heavy atom. The molecule has 0 unspecified atom stereocenters. The molecule has 3 rings (SSSR count). The number of benzene rings is 1. The molecular formula is C16H19FN4O2S. The monoisotopic (exact) mass is 350 g/mol. The molecule has 24 heavy (non-hydrogen) atoms. The maximum Gasteiger partial charge on any atom is 0.240 e. The van der Waals surface area contributed by atoms with Gasteiger partial charge in [0.2, 0.25) is 10.0 Å². The number of hydrogen-bond acceptors (Lipinski definition) is 4. The van der Waals surface area contributed by atoms with Gasteiger partial charge in [-0.3, -0.25) is 0 Å². The van der Waals surface area contributed by atoms with Crippen LogP contribution in [-0.4, -0.2) is 37.8 Å². The zero-order chi connectivity index (χ0) is 17.2. The Hall–Kier alpha value is -2.03. The van der Waals surface area contributed by atoms with Crippen LogP contribution in [0.25, 0.3) is 5.69 Å². The lowest BCUT2D eigenvalue weighted by Crippen LogP contribution is -2.29. The molecule has 1 aliphatic rings. The summed E-state index contributed by atoms with van der Waals surface area (Å²) in [6.07, 6.45) is 6.05. The fourth-order valence-corrected chi connectivity index (χ4v) is 3.53. The molecule has 1 aromatic carbocycles. The van der Waals surface area contributed by atoms with Crippen LogP contribution in [0.4, 0.5) is 4.39 Å². The minimum atomic E-state index is -3.76. The summed E-state index contributed by atoms with van der Waals surface area (Å²) in [7, 11) is -3.76. The second-order valence-electron chi connectivity index (χ2n) is 5.72. The quantitative estimate of drug-likeness (QED) is 0.802. The molecule has 0 saturated carbocycles. The molecule has 2 N–H and O–H groups in total. The smallest absolute Gasteiger partial charge is 0.240 e. The highest BCUT2D eigenvalue weighted by Gasteiger charge is 2.17. The van der Waals surface area contributed by atoms with Crippen molar-refractivity contribution in [1.82, 2.24) is 19.8 Å². The van der Waals surface area contributed by atoms with Crippen molar-refractivity contribution in [2.75, 3.05) is 19.6 Å². The van der Waals surface area contributed by atoms with E-state index in [0.717, 1.165) is 36.7 Å². The number of rotatable bonds is 5. The molecule has 0 saturated heterocycles. The maximum absolute atomic E-state index is 14.3. The summed E-state index contributed by atoms with van der Waals surface area (Å²) in [6, 6.07) is 3.82. The van der Waals surface area contributed by atoms with Gasteiger partial charge in [0, 0.05) is 19.3 Å². The van der Waals surface area contributed by atoms with Gasteiger partial charge in [0.15, 0.2) is 0 Å². The van der Waals surface area contributed by atoms with E-state index in [2.05, 4.69) is 15.1 Å². The van der Waals surface area contributed by atoms with Gasteiger partial charge in [-0.2, -0.15) is 5.10 Å². The van der Waals surface area contributed by atoms with Gasteiger partial charge in [0.1, 0.15) is 11.5 Å². The molecule has 0 fully saturated rings. The van der Waals surface area contributed by atoms with Crippen LogP contribution in [0.3, 0.4) is 0 Å². The maximum atomic E-state index is 14.3. The Morgan fingerprint density at radius 1 is 1.42 bits per heavy atom. The van der Waals surface area contributed by atoms with Crippen LogP contribution in [-0.2, 0) is 10.0 Å². The fraction of sp³-hybridized carbons (Fsp3) is 0.312. The van der Waals surface area contributed by atoms with Crippen molar-refractivity contribution in [1.29, 1.82) is 0 Å². The largest absolute Gasteiger partial charge is 0.313 e. The van der Waals surface area contributed by atoms with Crippen molar-refractivity contribution < 1.29 is 12.8 Å². The van der Waals surface area contributed by atoms with Gasteiger partial charge in [0.25, 0.3) is 0 Å². The third kappa shape index (κ3) is 3.72. The number of sulfonamides is 1. The minimum Gasteiger partial charge on any atom is -0.313 e. The highest BCUT2D eigenvalue weighted by molar-refractivity contribution is 7.89. The summed E-state index contributed by atoms with van der Waals surface area (Å²) in [4.78, 5) is -0.0952. The highest BCUT2D eigenvalue weighted by atomic mass is 32.2. The van der Waals surface area contributed by atoms with Crippen LogP contribution in [0.5, 0.6) is 0 Å². The number of nitrogens with zero attached hydrogens (tertiary/aromatic N) is 2. The number of aromatic nitrogens is 2. The van der Waals surface area contributed by atoms with Gasteiger partial charge in [-0.25, -0.2) is 22.2 Å². The Labute approximate surface area is 140 Å². The number of halogens is 1. The van der Waals surface area contributed by atoms with Gasteiger partial charge in [0.05, 0.1) is 11.1 Å². The summed E-state index contributed by atoms with van der Waals surface area (Å²) < 4.78 is 42.9. The van der Waals surface area contributed by atoms with E-state index >= 15 is 0 Å². The van der Waals surface area contributed by atoms with Crippen LogP contribution in [0, 0.1) is 12.7 Å². The average Bonchev–Trinajstić information content (AvgIpc) is 3.00. The van der Waals surface area contributed by atoms with Crippen LogP contribution in [0.15, 0.2) is 47.1 Å². The van der Waals surface area contributed by atoms with Crippen molar-refractivity contribution >= 4 is 10.0 Å². The van der Waals surface area contributed by atoms with E-state index in [1.165, 1.54) is 16.8 Å². The molecule has 0 bridgehead atoms. The van der Waals surface area contributed by atoms with Crippen molar-refractivity contribution in [3.8, 4) is 5.69 Å². The Bertz CT molecular complexity index is 874. The third-order valence-electron chi connectivity index (χ3n) is 3.84.